The Balaban J connectivity index is 0.00000204. The first kappa shape index (κ1) is 28.5. The second kappa shape index (κ2) is 12.3. The standard InChI is InChI=1S/C24H30F2N2O3S.CH4.ClH/c1-27-24-7-5-18-4-6-21(31-9-8-28-32(29,30)15-16-2-3-16)14-22(18)23(24)12-17-10-19(25)13-20(26)11-17;;/h4,6,10-11,13-14,16,23-24,27-28H,2-3,5,7-9,12,15H2,1H3;1H4;1H. The molecule has 1 fully saturated rings. The van der Waals surface area contributed by atoms with Crippen molar-refractivity contribution in [3.63, 3.8) is 0 Å². The summed E-state index contributed by atoms with van der Waals surface area (Å²) in [5.41, 5.74) is 2.93. The average molecular weight is 517 g/mol. The molecule has 0 radical (unpaired) electrons. The third kappa shape index (κ3) is 7.63. The van der Waals surface area contributed by atoms with Crippen LogP contribution in [-0.4, -0.2) is 40.4 Å². The fourth-order valence-electron chi connectivity index (χ4n) is 4.56. The van der Waals surface area contributed by atoms with E-state index in [1.165, 1.54) is 17.7 Å². The Morgan fingerprint density at radius 3 is 2.41 bits per heavy atom. The third-order valence-electron chi connectivity index (χ3n) is 6.32. The summed E-state index contributed by atoms with van der Waals surface area (Å²) in [6, 6.07) is 9.76. The van der Waals surface area contributed by atoms with Gasteiger partial charge in [-0.15, -0.1) is 12.4 Å². The van der Waals surface area contributed by atoms with Crippen LogP contribution in [0.25, 0.3) is 0 Å². The lowest BCUT2D eigenvalue weighted by Crippen LogP contribution is -2.37. The van der Waals surface area contributed by atoms with Crippen LogP contribution in [0.15, 0.2) is 36.4 Å². The van der Waals surface area contributed by atoms with E-state index in [4.69, 9.17) is 4.74 Å². The van der Waals surface area contributed by atoms with Crippen LogP contribution < -0.4 is 14.8 Å². The maximum absolute atomic E-state index is 13.7. The van der Waals surface area contributed by atoms with Gasteiger partial charge < -0.3 is 10.1 Å². The number of rotatable bonds is 10. The largest absolute Gasteiger partial charge is 0.492 e. The van der Waals surface area contributed by atoms with Crippen LogP contribution >= 0.6 is 12.4 Å². The molecule has 5 nitrogen and oxygen atoms in total. The maximum Gasteiger partial charge on any atom is 0.211 e. The van der Waals surface area contributed by atoms with Gasteiger partial charge in [0, 0.05) is 24.6 Å². The summed E-state index contributed by atoms with van der Waals surface area (Å²) in [7, 11) is -1.34. The highest BCUT2D eigenvalue weighted by Gasteiger charge is 2.30. The molecule has 2 N–H and O–H groups in total. The second-order valence-electron chi connectivity index (χ2n) is 8.85. The van der Waals surface area contributed by atoms with Crippen molar-refractivity contribution >= 4 is 22.4 Å². The SMILES string of the molecule is C.CNC1CCc2ccc(OCCNS(=O)(=O)CC3CC3)cc2C1Cc1cc(F)cc(F)c1.Cl. The minimum atomic E-state index is -3.25. The van der Waals surface area contributed by atoms with Crippen LogP contribution in [0.3, 0.4) is 0 Å². The first-order valence-corrected chi connectivity index (χ1v) is 12.8. The minimum absolute atomic E-state index is 0. The molecule has 2 aliphatic rings. The van der Waals surface area contributed by atoms with Gasteiger partial charge in [-0.1, -0.05) is 13.5 Å². The van der Waals surface area contributed by atoms with Crippen molar-refractivity contribution in [2.45, 2.75) is 51.5 Å². The van der Waals surface area contributed by atoms with E-state index >= 15 is 0 Å². The molecule has 0 aliphatic heterocycles. The van der Waals surface area contributed by atoms with E-state index in [2.05, 4.69) is 10.0 Å². The van der Waals surface area contributed by atoms with Gasteiger partial charge in [-0.2, -0.15) is 0 Å². The summed E-state index contributed by atoms with van der Waals surface area (Å²) >= 11 is 0. The van der Waals surface area contributed by atoms with E-state index in [0.717, 1.165) is 37.3 Å². The molecule has 2 aliphatic carbocycles. The lowest BCUT2D eigenvalue weighted by Gasteiger charge is -2.34. The molecule has 0 heterocycles. The van der Waals surface area contributed by atoms with Crippen LogP contribution in [0.5, 0.6) is 5.75 Å². The van der Waals surface area contributed by atoms with Crippen molar-refractivity contribution in [1.29, 1.82) is 0 Å². The maximum atomic E-state index is 13.7. The van der Waals surface area contributed by atoms with Crippen LogP contribution in [0.1, 0.15) is 49.3 Å². The lowest BCUT2D eigenvalue weighted by molar-refractivity contribution is 0.320. The summed E-state index contributed by atoms with van der Waals surface area (Å²) < 4.78 is 59.9. The van der Waals surface area contributed by atoms with Gasteiger partial charge in [0.1, 0.15) is 24.0 Å². The van der Waals surface area contributed by atoms with Gasteiger partial charge in [0.2, 0.25) is 10.0 Å². The molecule has 1 saturated carbocycles. The highest BCUT2D eigenvalue weighted by atomic mass is 35.5. The Morgan fingerprint density at radius 2 is 1.76 bits per heavy atom. The van der Waals surface area contributed by atoms with Gasteiger partial charge in [0.05, 0.1) is 5.75 Å². The highest BCUT2D eigenvalue weighted by molar-refractivity contribution is 7.89. The molecule has 0 saturated heterocycles. The van der Waals surface area contributed by atoms with E-state index in [1.807, 2.05) is 25.2 Å². The van der Waals surface area contributed by atoms with E-state index in [1.54, 1.807) is 0 Å². The molecule has 2 aromatic rings. The summed E-state index contributed by atoms with van der Waals surface area (Å²) in [5, 5.41) is 3.35. The van der Waals surface area contributed by atoms with Gasteiger partial charge in [0.25, 0.3) is 0 Å². The zero-order valence-electron chi connectivity index (χ0n) is 18.7. The molecule has 4 rings (SSSR count). The van der Waals surface area contributed by atoms with Crippen LogP contribution in [0, 0.1) is 17.6 Å². The molecule has 2 unspecified atom stereocenters. The molecule has 190 valence electrons. The van der Waals surface area contributed by atoms with E-state index in [9.17, 15) is 17.2 Å². The zero-order chi connectivity index (χ0) is 22.7. The normalized spacial score (nSPS) is 19.5. The summed E-state index contributed by atoms with van der Waals surface area (Å²) in [6.07, 6.45) is 4.34. The van der Waals surface area contributed by atoms with Crippen molar-refractivity contribution in [2.24, 2.45) is 5.92 Å². The van der Waals surface area contributed by atoms with Gasteiger partial charge in [-0.3, -0.25) is 0 Å². The number of aryl methyl sites for hydroxylation is 1. The molecule has 0 amide bonds. The molecule has 2 atom stereocenters. The topological polar surface area (TPSA) is 67.4 Å². The van der Waals surface area contributed by atoms with Crippen molar-refractivity contribution in [3.8, 4) is 5.75 Å². The quantitative estimate of drug-likeness (QED) is 0.453. The van der Waals surface area contributed by atoms with Gasteiger partial charge >= 0.3 is 0 Å². The number of fused-ring (bicyclic) bond motifs is 1. The molecule has 2 aromatic carbocycles. The Hall–Kier alpha value is -1.74. The van der Waals surface area contributed by atoms with Gasteiger partial charge in [-0.05, 0) is 86.0 Å². The summed E-state index contributed by atoms with van der Waals surface area (Å²) in [4.78, 5) is 0. The fraction of sp³-hybridized carbons (Fsp3) is 0.520. The van der Waals surface area contributed by atoms with Crippen LogP contribution in [0.2, 0.25) is 0 Å². The van der Waals surface area contributed by atoms with Crippen LogP contribution in [-0.2, 0) is 22.9 Å². The number of halogens is 3. The Morgan fingerprint density at radius 1 is 1.06 bits per heavy atom. The van der Waals surface area contributed by atoms with Gasteiger partial charge in [-0.25, -0.2) is 21.9 Å². The first-order valence-electron chi connectivity index (χ1n) is 11.2. The smallest absolute Gasteiger partial charge is 0.211 e. The van der Waals surface area contributed by atoms with Crippen LogP contribution in [0.4, 0.5) is 8.78 Å². The molecule has 34 heavy (non-hydrogen) atoms. The number of hydrogen-bond donors (Lipinski definition) is 2. The molecule has 0 bridgehead atoms. The third-order valence-corrected chi connectivity index (χ3v) is 7.87. The number of benzene rings is 2. The predicted octanol–water partition coefficient (Wildman–Crippen LogP) is 4.59. The lowest BCUT2D eigenvalue weighted by atomic mass is 9.76. The first-order chi connectivity index (χ1) is 15.3. The van der Waals surface area contributed by atoms with Gasteiger partial charge in [0.15, 0.2) is 0 Å². The minimum Gasteiger partial charge on any atom is -0.492 e. The molecular formula is C25H35ClF2N2O3S. The number of likely N-dealkylation sites (N-methyl/N-ethyl adjacent to an activating group) is 1. The average Bonchev–Trinajstić information content (AvgIpc) is 3.54. The highest BCUT2D eigenvalue weighted by Crippen LogP contribution is 2.37. The van der Waals surface area contributed by atoms with E-state index in [0.29, 0.717) is 23.7 Å². The molecule has 0 spiro atoms. The van der Waals surface area contributed by atoms with Crippen molar-refractivity contribution in [1.82, 2.24) is 10.0 Å². The van der Waals surface area contributed by atoms with Crippen molar-refractivity contribution in [2.75, 3.05) is 26.0 Å². The summed E-state index contributed by atoms with van der Waals surface area (Å²) in [6.45, 7) is 0.454. The predicted molar refractivity (Wildman–Crippen MR) is 134 cm³/mol. The van der Waals surface area contributed by atoms with Crippen molar-refractivity contribution < 1.29 is 21.9 Å². The fourth-order valence-corrected chi connectivity index (χ4v) is 6.03. The second-order valence-corrected chi connectivity index (χ2v) is 10.7. The van der Waals surface area contributed by atoms with E-state index in [-0.39, 0.29) is 50.7 Å². The Kier molecular flexibility index (Phi) is 10.3. The molecule has 9 heteroatoms. The number of nitrogens with one attached hydrogen (secondary N) is 2. The summed E-state index contributed by atoms with van der Waals surface area (Å²) in [5.74, 6) is 0.0663. The van der Waals surface area contributed by atoms with Crippen molar-refractivity contribution in [3.05, 3.63) is 64.7 Å². The molecule has 0 aromatic heterocycles. The number of sulfonamides is 1. The zero-order valence-corrected chi connectivity index (χ0v) is 20.3. The number of ether oxygens (including phenoxy) is 1. The Bertz CT molecular complexity index is 1040. The monoisotopic (exact) mass is 516 g/mol. The Labute approximate surface area is 208 Å². The molecular weight excluding hydrogens is 482 g/mol. The number of hydrogen-bond acceptors (Lipinski definition) is 4. The van der Waals surface area contributed by atoms with E-state index < -0.39 is 21.7 Å².